The first-order chi connectivity index (χ1) is 14.0. The topological polar surface area (TPSA) is 111 Å². The van der Waals surface area contributed by atoms with Gasteiger partial charge in [-0.2, -0.15) is 4.98 Å². The highest BCUT2D eigenvalue weighted by atomic mass is 16.5. The molecule has 0 atom stereocenters. The van der Waals surface area contributed by atoms with Gasteiger partial charge in [-0.1, -0.05) is 0 Å². The maximum Gasteiger partial charge on any atom is 0.230 e. The fourth-order valence-electron chi connectivity index (χ4n) is 3.59. The van der Waals surface area contributed by atoms with Gasteiger partial charge in [0.05, 0.1) is 5.69 Å². The maximum atomic E-state index is 6.35. The van der Waals surface area contributed by atoms with E-state index in [-0.39, 0.29) is 0 Å². The number of anilines is 4. The third-order valence-corrected chi connectivity index (χ3v) is 4.99. The SMILES string of the molecule is Cc1cc(N)cc(C)c1Oc1nc(Nc2ccc(N)cc2)nc2c1CCNCC2. The van der Waals surface area contributed by atoms with Crippen LogP contribution in [0.2, 0.25) is 0 Å². The lowest BCUT2D eigenvalue weighted by Gasteiger charge is -2.17. The van der Waals surface area contributed by atoms with Gasteiger partial charge in [-0.3, -0.25) is 0 Å². The van der Waals surface area contributed by atoms with E-state index in [1.807, 2.05) is 50.2 Å². The molecule has 1 aliphatic rings. The van der Waals surface area contributed by atoms with Gasteiger partial charge in [-0.15, -0.1) is 0 Å². The van der Waals surface area contributed by atoms with Crippen molar-refractivity contribution in [1.82, 2.24) is 15.3 Å². The molecule has 150 valence electrons. The Hall–Kier alpha value is -3.32. The Morgan fingerprint density at radius 2 is 1.62 bits per heavy atom. The molecule has 4 rings (SSSR count). The number of nitrogens with two attached hydrogens (primary N) is 2. The predicted octanol–water partition coefficient (Wildman–Crippen LogP) is 3.48. The number of nitrogen functional groups attached to an aromatic ring is 2. The molecule has 0 radical (unpaired) electrons. The van der Waals surface area contributed by atoms with Crippen LogP contribution in [0.15, 0.2) is 36.4 Å². The summed E-state index contributed by atoms with van der Waals surface area (Å²) in [7, 11) is 0. The third-order valence-electron chi connectivity index (χ3n) is 4.99. The number of aromatic nitrogens is 2. The van der Waals surface area contributed by atoms with E-state index in [0.29, 0.717) is 17.5 Å². The quantitative estimate of drug-likeness (QED) is 0.505. The van der Waals surface area contributed by atoms with Crippen LogP contribution in [0.25, 0.3) is 0 Å². The standard InChI is InChI=1S/C22H26N6O/c1-13-11-16(24)12-14(2)20(13)29-21-18-7-9-25-10-8-19(18)27-22(28-21)26-17-5-3-15(23)4-6-17/h3-6,11-12,25H,7-10,23-24H2,1-2H3,(H,26,27,28). The van der Waals surface area contributed by atoms with Gasteiger partial charge < -0.3 is 26.8 Å². The van der Waals surface area contributed by atoms with Gasteiger partial charge >= 0.3 is 0 Å². The van der Waals surface area contributed by atoms with Crippen molar-refractivity contribution >= 4 is 23.0 Å². The normalized spacial score (nSPS) is 13.4. The molecule has 1 aromatic heterocycles. The van der Waals surface area contributed by atoms with E-state index in [9.17, 15) is 0 Å². The van der Waals surface area contributed by atoms with Crippen molar-refractivity contribution in [2.45, 2.75) is 26.7 Å². The molecular formula is C22H26N6O. The molecule has 2 aromatic carbocycles. The fraction of sp³-hybridized carbons (Fsp3) is 0.273. The number of rotatable bonds is 4. The van der Waals surface area contributed by atoms with Crippen LogP contribution >= 0.6 is 0 Å². The number of fused-ring (bicyclic) bond motifs is 1. The summed E-state index contributed by atoms with van der Waals surface area (Å²) in [4.78, 5) is 9.47. The van der Waals surface area contributed by atoms with E-state index >= 15 is 0 Å². The lowest BCUT2D eigenvalue weighted by Crippen LogP contribution is -2.16. The molecule has 0 aliphatic carbocycles. The average molecular weight is 390 g/mol. The predicted molar refractivity (Wildman–Crippen MR) is 117 cm³/mol. The second kappa shape index (κ2) is 7.97. The summed E-state index contributed by atoms with van der Waals surface area (Å²) in [6, 6.07) is 11.3. The van der Waals surface area contributed by atoms with Gasteiger partial charge in [0.25, 0.3) is 0 Å². The average Bonchev–Trinajstić information content (AvgIpc) is 2.92. The zero-order chi connectivity index (χ0) is 20.4. The van der Waals surface area contributed by atoms with E-state index in [1.54, 1.807) is 0 Å². The number of aryl methyl sites for hydroxylation is 2. The van der Waals surface area contributed by atoms with Gasteiger partial charge in [0.2, 0.25) is 11.8 Å². The number of benzene rings is 2. The van der Waals surface area contributed by atoms with Gasteiger partial charge in [0.1, 0.15) is 5.75 Å². The molecule has 2 heterocycles. The summed E-state index contributed by atoms with van der Waals surface area (Å²) in [5.74, 6) is 1.89. The van der Waals surface area contributed by atoms with E-state index in [4.69, 9.17) is 26.2 Å². The summed E-state index contributed by atoms with van der Waals surface area (Å²) < 4.78 is 6.35. The Kier molecular flexibility index (Phi) is 5.22. The second-order valence-electron chi connectivity index (χ2n) is 7.36. The molecule has 3 aromatic rings. The third kappa shape index (κ3) is 4.25. The first kappa shape index (κ1) is 19.0. The van der Waals surface area contributed by atoms with Gasteiger partial charge in [-0.05, 0) is 74.3 Å². The van der Waals surface area contributed by atoms with Gasteiger partial charge in [0, 0.05) is 35.6 Å². The molecule has 7 nitrogen and oxygen atoms in total. The van der Waals surface area contributed by atoms with Gasteiger partial charge in [0.15, 0.2) is 0 Å². The summed E-state index contributed by atoms with van der Waals surface area (Å²) >= 11 is 0. The number of hydrogen-bond donors (Lipinski definition) is 4. The van der Waals surface area contributed by atoms with Crippen molar-refractivity contribution in [3.8, 4) is 11.6 Å². The van der Waals surface area contributed by atoms with Crippen molar-refractivity contribution < 1.29 is 4.74 Å². The van der Waals surface area contributed by atoms with Crippen LogP contribution in [0.5, 0.6) is 11.6 Å². The molecule has 0 spiro atoms. The monoisotopic (exact) mass is 390 g/mol. The zero-order valence-electron chi connectivity index (χ0n) is 16.7. The molecule has 0 saturated heterocycles. The highest BCUT2D eigenvalue weighted by molar-refractivity contribution is 5.59. The molecule has 0 saturated carbocycles. The van der Waals surface area contributed by atoms with Crippen LogP contribution in [0, 0.1) is 13.8 Å². The molecule has 0 amide bonds. The Morgan fingerprint density at radius 3 is 2.34 bits per heavy atom. The largest absolute Gasteiger partial charge is 0.438 e. The number of hydrogen-bond acceptors (Lipinski definition) is 7. The van der Waals surface area contributed by atoms with Crippen LogP contribution < -0.4 is 26.8 Å². The Morgan fingerprint density at radius 1 is 0.931 bits per heavy atom. The van der Waals surface area contributed by atoms with Crippen molar-refractivity contribution in [2.24, 2.45) is 0 Å². The number of nitrogens with zero attached hydrogens (tertiary/aromatic N) is 2. The molecular weight excluding hydrogens is 364 g/mol. The number of ether oxygens (including phenoxy) is 1. The minimum atomic E-state index is 0.510. The minimum Gasteiger partial charge on any atom is -0.438 e. The lowest BCUT2D eigenvalue weighted by atomic mass is 10.1. The van der Waals surface area contributed by atoms with Crippen molar-refractivity contribution in [2.75, 3.05) is 29.9 Å². The highest BCUT2D eigenvalue weighted by Crippen LogP contribution is 2.34. The number of nitrogens with one attached hydrogen (secondary N) is 2. The van der Waals surface area contributed by atoms with E-state index < -0.39 is 0 Å². The first-order valence-electron chi connectivity index (χ1n) is 9.77. The maximum absolute atomic E-state index is 6.35. The highest BCUT2D eigenvalue weighted by Gasteiger charge is 2.20. The first-order valence-corrected chi connectivity index (χ1v) is 9.77. The molecule has 29 heavy (non-hydrogen) atoms. The van der Waals surface area contributed by atoms with E-state index in [1.165, 1.54) is 0 Å². The van der Waals surface area contributed by atoms with E-state index in [2.05, 4.69) is 10.6 Å². The Balaban J connectivity index is 1.74. The summed E-state index contributed by atoms with van der Waals surface area (Å²) in [5.41, 5.74) is 18.1. The Labute approximate surface area is 170 Å². The molecule has 0 unspecified atom stereocenters. The van der Waals surface area contributed by atoms with Crippen LogP contribution in [0.4, 0.5) is 23.0 Å². The molecule has 6 N–H and O–H groups in total. The minimum absolute atomic E-state index is 0.510. The fourth-order valence-corrected chi connectivity index (χ4v) is 3.59. The molecule has 0 bridgehead atoms. The summed E-state index contributed by atoms with van der Waals surface area (Å²) in [6.45, 7) is 5.74. The van der Waals surface area contributed by atoms with Gasteiger partial charge in [-0.25, -0.2) is 4.98 Å². The zero-order valence-corrected chi connectivity index (χ0v) is 16.7. The Bertz CT molecular complexity index is 1010. The molecule has 1 aliphatic heterocycles. The molecule has 0 fully saturated rings. The van der Waals surface area contributed by atoms with Crippen molar-refractivity contribution in [1.29, 1.82) is 0 Å². The van der Waals surface area contributed by atoms with Crippen molar-refractivity contribution in [3.63, 3.8) is 0 Å². The lowest BCUT2D eigenvalue weighted by molar-refractivity contribution is 0.448. The van der Waals surface area contributed by atoms with Crippen LogP contribution in [0.1, 0.15) is 22.4 Å². The van der Waals surface area contributed by atoms with Crippen LogP contribution in [-0.4, -0.2) is 23.1 Å². The second-order valence-corrected chi connectivity index (χ2v) is 7.36. The summed E-state index contributed by atoms with van der Waals surface area (Å²) in [5, 5.41) is 6.68. The van der Waals surface area contributed by atoms with Crippen molar-refractivity contribution in [3.05, 3.63) is 58.8 Å². The van der Waals surface area contributed by atoms with Crippen LogP contribution in [0.3, 0.4) is 0 Å². The smallest absolute Gasteiger partial charge is 0.230 e. The van der Waals surface area contributed by atoms with Crippen LogP contribution in [-0.2, 0) is 12.8 Å². The molecule has 7 heteroatoms. The summed E-state index contributed by atoms with van der Waals surface area (Å²) in [6.07, 6.45) is 1.64. The van der Waals surface area contributed by atoms with E-state index in [0.717, 1.165) is 65.4 Å².